The van der Waals surface area contributed by atoms with Crippen molar-refractivity contribution in [1.29, 1.82) is 0 Å². The molecule has 0 aliphatic heterocycles. The minimum Gasteiger partial charge on any atom is -0.456 e. The summed E-state index contributed by atoms with van der Waals surface area (Å²) in [7, 11) is 5.96. The van der Waals surface area contributed by atoms with Gasteiger partial charge in [-0.15, -0.1) is 0 Å². The first-order valence-corrected chi connectivity index (χ1v) is 3.01. The van der Waals surface area contributed by atoms with Crippen LogP contribution in [-0.4, -0.2) is 12.4 Å². The van der Waals surface area contributed by atoms with Gasteiger partial charge in [-0.2, -0.15) is 0 Å². The van der Waals surface area contributed by atoms with E-state index in [-0.39, 0.29) is 5.94 Å². The third-order valence-corrected chi connectivity index (χ3v) is 0.673. The summed E-state index contributed by atoms with van der Waals surface area (Å²) >= 11 is 0. The molecule has 0 aromatic carbocycles. The number of rotatable bonds is 3. The molecule has 0 aromatic rings. The van der Waals surface area contributed by atoms with Crippen LogP contribution in [-0.2, 0) is 9.53 Å². The van der Waals surface area contributed by atoms with Crippen LogP contribution in [0.4, 0.5) is 0 Å². The fourth-order valence-electron chi connectivity index (χ4n) is 0.0535. The van der Waals surface area contributed by atoms with Crippen molar-refractivity contribution in [3.63, 3.8) is 0 Å². The summed E-state index contributed by atoms with van der Waals surface area (Å²) in [6.45, 7) is 0.357. The van der Waals surface area contributed by atoms with Gasteiger partial charge in [0, 0.05) is 0 Å². The zero-order valence-electron chi connectivity index (χ0n) is 2.89. The van der Waals surface area contributed by atoms with Gasteiger partial charge in [-0.1, -0.05) is 0 Å². The second-order valence-electron chi connectivity index (χ2n) is 0.490. The van der Waals surface area contributed by atoms with E-state index >= 15 is 0 Å². The standard InChI is InChI=1S/C2H3ClO2S/c3-6-2-5-1-4/h1H,2H2. The number of carbonyl (C=O) groups excluding carboxylic acids is 1. The van der Waals surface area contributed by atoms with E-state index in [0.29, 0.717) is 6.47 Å². The summed E-state index contributed by atoms with van der Waals surface area (Å²) in [4.78, 5) is 9.27. The van der Waals surface area contributed by atoms with Gasteiger partial charge in [0.05, 0.1) is 0 Å². The normalized spacial score (nSPS) is 7.50. The van der Waals surface area contributed by atoms with E-state index in [9.17, 15) is 4.79 Å². The van der Waals surface area contributed by atoms with Gasteiger partial charge < -0.3 is 4.74 Å². The molecule has 6 heavy (non-hydrogen) atoms. The second kappa shape index (κ2) is 5.11. The third kappa shape index (κ3) is 4.11. The summed E-state index contributed by atoms with van der Waals surface area (Å²) < 4.78 is 4.13. The lowest BCUT2D eigenvalue weighted by molar-refractivity contribution is -0.126. The molecular weight excluding hydrogens is 124 g/mol. The largest absolute Gasteiger partial charge is 0.456 e. The maximum atomic E-state index is 9.27. The Balaban J connectivity index is 2.49. The highest BCUT2D eigenvalue weighted by molar-refractivity contribution is 8.20. The molecule has 0 heterocycles. The summed E-state index contributed by atoms with van der Waals surface area (Å²) in [5, 5.41) is 0. The van der Waals surface area contributed by atoms with E-state index in [1.54, 1.807) is 0 Å². The van der Waals surface area contributed by atoms with Crippen LogP contribution in [0, 0.1) is 0 Å². The molecule has 2 nitrogen and oxygen atoms in total. The highest BCUT2D eigenvalue weighted by atomic mass is 35.7. The monoisotopic (exact) mass is 126 g/mol. The Morgan fingerprint density at radius 3 is 2.83 bits per heavy atom. The Labute approximate surface area is 44.3 Å². The first-order chi connectivity index (χ1) is 2.91. The fraction of sp³-hybridized carbons (Fsp3) is 0.500. The highest BCUT2D eigenvalue weighted by Gasteiger charge is 1.74. The molecule has 0 spiro atoms. The quantitative estimate of drug-likeness (QED) is 0.321. The van der Waals surface area contributed by atoms with Crippen LogP contribution in [0.3, 0.4) is 0 Å². The number of hydrogen-bond acceptors (Lipinski definition) is 3. The van der Waals surface area contributed by atoms with Crippen molar-refractivity contribution in [1.82, 2.24) is 0 Å². The van der Waals surface area contributed by atoms with Crippen molar-refractivity contribution in [2.24, 2.45) is 0 Å². The Morgan fingerprint density at radius 2 is 2.67 bits per heavy atom. The summed E-state index contributed by atoms with van der Waals surface area (Å²) in [5.74, 6) is 0.227. The topological polar surface area (TPSA) is 26.3 Å². The van der Waals surface area contributed by atoms with E-state index in [1.807, 2.05) is 0 Å². The molecule has 0 N–H and O–H groups in total. The van der Waals surface area contributed by atoms with Crippen LogP contribution in [0.1, 0.15) is 0 Å². The van der Waals surface area contributed by atoms with Gasteiger partial charge in [0.25, 0.3) is 6.47 Å². The molecule has 4 heteroatoms. The molecule has 0 unspecified atom stereocenters. The number of hydrogen-bond donors (Lipinski definition) is 0. The maximum absolute atomic E-state index is 9.27. The fourth-order valence-corrected chi connectivity index (χ4v) is 0.315. The van der Waals surface area contributed by atoms with Crippen molar-refractivity contribution in [3.8, 4) is 0 Å². The molecule has 0 saturated carbocycles. The van der Waals surface area contributed by atoms with E-state index in [0.717, 1.165) is 11.0 Å². The molecule has 0 bridgehead atoms. The first kappa shape index (κ1) is 6.11. The number of halogens is 1. The maximum Gasteiger partial charge on any atom is 0.293 e. The molecule has 0 aromatic heterocycles. The van der Waals surface area contributed by atoms with Crippen molar-refractivity contribution >= 4 is 28.1 Å². The minimum atomic E-state index is 0.227. The van der Waals surface area contributed by atoms with E-state index < -0.39 is 0 Å². The first-order valence-electron chi connectivity index (χ1n) is 1.20. The predicted octanol–water partition coefficient (Wildman–Crippen LogP) is 1.00. The second-order valence-corrected chi connectivity index (χ2v) is 1.60. The lowest BCUT2D eigenvalue weighted by Crippen LogP contribution is -1.80. The zero-order valence-corrected chi connectivity index (χ0v) is 4.46. The minimum absolute atomic E-state index is 0.227. The van der Waals surface area contributed by atoms with E-state index in [1.165, 1.54) is 0 Å². The van der Waals surface area contributed by atoms with Crippen molar-refractivity contribution < 1.29 is 9.53 Å². The summed E-state index contributed by atoms with van der Waals surface area (Å²) in [6, 6.07) is 0. The average molecular weight is 127 g/mol. The lowest BCUT2D eigenvalue weighted by atomic mass is 11.5. The van der Waals surface area contributed by atoms with Crippen LogP contribution in [0.5, 0.6) is 0 Å². The van der Waals surface area contributed by atoms with Gasteiger partial charge >= 0.3 is 0 Å². The molecule has 0 aliphatic carbocycles. The third-order valence-electron chi connectivity index (χ3n) is 0.181. The highest BCUT2D eigenvalue weighted by Crippen LogP contribution is 2.02. The van der Waals surface area contributed by atoms with Gasteiger partial charge in [-0.3, -0.25) is 4.79 Å². The molecule has 0 fully saturated rings. The molecule has 36 valence electrons. The van der Waals surface area contributed by atoms with Gasteiger partial charge in [-0.25, -0.2) is 0 Å². The molecule has 0 aliphatic rings. The Hall–Kier alpha value is 0.110. The number of carbonyl (C=O) groups is 1. The van der Waals surface area contributed by atoms with Crippen LogP contribution >= 0.6 is 21.7 Å². The Morgan fingerprint density at radius 1 is 2.00 bits per heavy atom. The predicted molar refractivity (Wildman–Crippen MR) is 25.5 cm³/mol. The van der Waals surface area contributed by atoms with Crippen molar-refractivity contribution in [3.05, 3.63) is 0 Å². The number of ether oxygens (including phenoxy) is 1. The van der Waals surface area contributed by atoms with Crippen molar-refractivity contribution in [2.75, 3.05) is 5.94 Å². The van der Waals surface area contributed by atoms with Crippen LogP contribution in [0.15, 0.2) is 0 Å². The van der Waals surface area contributed by atoms with Crippen LogP contribution in [0.25, 0.3) is 0 Å². The lowest BCUT2D eigenvalue weighted by Gasteiger charge is -1.84. The zero-order chi connectivity index (χ0) is 4.83. The van der Waals surface area contributed by atoms with Gasteiger partial charge in [0.2, 0.25) is 0 Å². The Kier molecular flexibility index (Phi) is 5.20. The summed E-state index contributed by atoms with van der Waals surface area (Å²) in [6.07, 6.45) is 0. The van der Waals surface area contributed by atoms with Crippen LogP contribution < -0.4 is 0 Å². The molecular formula is C2H3ClO2S. The smallest absolute Gasteiger partial charge is 0.293 e. The molecule has 0 atom stereocenters. The van der Waals surface area contributed by atoms with E-state index in [2.05, 4.69) is 4.74 Å². The molecule has 0 saturated heterocycles. The average Bonchev–Trinajstić information content (AvgIpc) is 1.61. The Bertz CT molecular complexity index is 40.5. The van der Waals surface area contributed by atoms with Gasteiger partial charge in [0.15, 0.2) is 5.94 Å². The van der Waals surface area contributed by atoms with Gasteiger partial charge in [0.1, 0.15) is 0 Å². The molecule has 0 rings (SSSR count). The molecule has 0 amide bonds. The molecule has 0 radical (unpaired) electrons. The summed E-state index contributed by atoms with van der Waals surface area (Å²) in [5.41, 5.74) is 0. The van der Waals surface area contributed by atoms with Gasteiger partial charge in [-0.05, 0) is 21.7 Å². The SMILES string of the molecule is O=COCSCl. The van der Waals surface area contributed by atoms with Crippen molar-refractivity contribution in [2.45, 2.75) is 0 Å². The van der Waals surface area contributed by atoms with E-state index in [4.69, 9.17) is 10.7 Å². The van der Waals surface area contributed by atoms with Crippen LogP contribution in [0.2, 0.25) is 0 Å².